The molecule has 2 aromatic carbocycles. The Morgan fingerprint density at radius 3 is 2.65 bits per heavy atom. The van der Waals surface area contributed by atoms with Gasteiger partial charge in [0.1, 0.15) is 0 Å². The summed E-state index contributed by atoms with van der Waals surface area (Å²) in [5, 5.41) is 1.09. The number of ether oxygens (including phenoxy) is 1. The van der Waals surface area contributed by atoms with Crippen LogP contribution < -0.4 is 0 Å². The number of hydrogen-bond donors (Lipinski definition) is 1. The maximum atomic E-state index is 11.5. The molecule has 1 heterocycles. The summed E-state index contributed by atoms with van der Waals surface area (Å²) < 4.78 is 4.77. The molecule has 20 heavy (non-hydrogen) atoms. The van der Waals surface area contributed by atoms with Gasteiger partial charge in [-0.05, 0) is 22.8 Å². The molecule has 0 bridgehead atoms. The van der Waals surface area contributed by atoms with E-state index in [1.807, 2.05) is 36.5 Å². The van der Waals surface area contributed by atoms with Gasteiger partial charge in [0.2, 0.25) is 0 Å². The molecule has 3 heteroatoms. The first kappa shape index (κ1) is 12.5. The second kappa shape index (κ2) is 5.21. The number of rotatable bonds is 3. The van der Waals surface area contributed by atoms with E-state index in [9.17, 15) is 4.79 Å². The number of benzene rings is 2. The molecule has 0 spiro atoms. The van der Waals surface area contributed by atoms with E-state index < -0.39 is 0 Å². The molecule has 100 valence electrons. The molecule has 0 amide bonds. The van der Waals surface area contributed by atoms with Crippen LogP contribution in [-0.2, 0) is 16.0 Å². The van der Waals surface area contributed by atoms with Gasteiger partial charge >= 0.3 is 5.97 Å². The molecule has 0 unspecified atom stereocenters. The lowest BCUT2D eigenvalue weighted by atomic mass is 9.98. The lowest BCUT2D eigenvalue weighted by molar-refractivity contribution is -0.139. The third-order valence-electron chi connectivity index (χ3n) is 3.43. The van der Waals surface area contributed by atoms with E-state index in [4.69, 9.17) is 4.74 Å². The number of aromatic nitrogens is 1. The van der Waals surface area contributed by atoms with Gasteiger partial charge in [0.25, 0.3) is 0 Å². The van der Waals surface area contributed by atoms with Gasteiger partial charge in [-0.2, -0.15) is 0 Å². The first-order valence-corrected chi connectivity index (χ1v) is 6.51. The Balaban J connectivity index is 2.17. The van der Waals surface area contributed by atoms with E-state index in [1.54, 1.807) is 0 Å². The summed E-state index contributed by atoms with van der Waals surface area (Å²) in [6.45, 7) is 0. The average molecular weight is 265 g/mol. The highest BCUT2D eigenvalue weighted by atomic mass is 16.5. The van der Waals surface area contributed by atoms with Crippen molar-refractivity contribution in [3.8, 4) is 11.1 Å². The van der Waals surface area contributed by atoms with E-state index in [1.165, 1.54) is 7.11 Å². The molecule has 3 aromatic rings. The molecule has 0 saturated carbocycles. The van der Waals surface area contributed by atoms with Crippen LogP contribution in [-0.4, -0.2) is 18.1 Å². The fraction of sp³-hybridized carbons (Fsp3) is 0.118. The van der Waals surface area contributed by atoms with Crippen LogP contribution in [0.1, 0.15) is 5.56 Å². The first-order chi connectivity index (χ1) is 9.79. The predicted molar refractivity (Wildman–Crippen MR) is 79.5 cm³/mol. The van der Waals surface area contributed by atoms with Crippen LogP contribution in [0.4, 0.5) is 0 Å². The van der Waals surface area contributed by atoms with E-state index in [-0.39, 0.29) is 12.4 Å². The fourth-order valence-corrected chi connectivity index (χ4v) is 2.48. The van der Waals surface area contributed by atoms with Crippen LogP contribution in [0.25, 0.3) is 22.0 Å². The van der Waals surface area contributed by atoms with Crippen LogP contribution >= 0.6 is 0 Å². The fourth-order valence-electron chi connectivity index (χ4n) is 2.48. The van der Waals surface area contributed by atoms with Gasteiger partial charge in [-0.25, -0.2) is 0 Å². The Morgan fingerprint density at radius 2 is 1.90 bits per heavy atom. The molecule has 3 rings (SSSR count). The Morgan fingerprint density at radius 1 is 1.10 bits per heavy atom. The molecule has 3 nitrogen and oxygen atoms in total. The lowest BCUT2D eigenvalue weighted by Crippen LogP contribution is -2.03. The summed E-state index contributed by atoms with van der Waals surface area (Å²) in [7, 11) is 1.41. The Labute approximate surface area is 117 Å². The summed E-state index contributed by atoms with van der Waals surface area (Å²) in [5.41, 5.74) is 4.27. The largest absolute Gasteiger partial charge is 0.469 e. The monoisotopic (exact) mass is 265 g/mol. The quantitative estimate of drug-likeness (QED) is 0.736. The topological polar surface area (TPSA) is 42.1 Å². The van der Waals surface area contributed by atoms with Crippen molar-refractivity contribution < 1.29 is 9.53 Å². The van der Waals surface area contributed by atoms with Crippen LogP contribution in [0.2, 0.25) is 0 Å². The molecule has 0 atom stereocenters. The van der Waals surface area contributed by atoms with E-state index in [2.05, 4.69) is 23.2 Å². The highest BCUT2D eigenvalue weighted by Crippen LogP contribution is 2.31. The van der Waals surface area contributed by atoms with Crippen LogP contribution in [0.5, 0.6) is 0 Å². The second-order valence-corrected chi connectivity index (χ2v) is 4.66. The zero-order valence-electron chi connectivity index (χ0n) is 11.2. The van der Waals surface area contributed by atoms with Crippen molar-refractivity contribution >= 4 is 16.9 Å². The molecule has 0 aliphatic carbocycles. The van der Waals surface area contributed by atoms with Crippen molar-refractivity contribution in [1.82, 2.24) is 4.98 Å². The number of methoxy groups -OCH3 is 1. The molecule has 0 fully saturated rings. The summed E-state index contributed by atoms with van der Waals surface area (Å²) in [6.07, 6.45) is 2.16. The van der Waals surface area contributed by atoms with E-state index >= 15 is 0 Å². The SMILES string of the molecule is COC(=O)Cc1c[nH]c2cccc(-c3ccccc3)c12. The van der Waals surface area contributed by atoms with Crippen LogP contribution in [0.15, 0.2) is 54.7 Å². The van der Waals surface area contributed by atoms with Crippen LogP contribution in [0.3, 0.4) is 0 Å². The third kappa shape index (κ3) is 2.18. The zero-order valence-corrected chi connectivity index (χ0v) is 11.2. The van der Waals surface area contributed by atoms with Gasteiger partial charge in [-0.3, -0.25) is 4.79 Å². The number of hydrogen-bond acceptors (Lipinski definition) is 2. The number of nitrogens with one attached hydrogen (secondary N) is 1. The maximum Gasteiger partial charge on any atom is 0.310 e. The maximum absolute atomic E-state index is 11.5. The Bertz CT molecular complexity index is 744. The standard InChI is InChI=1S/C17H15NO2/c1-20-16(19)10-13-11-18-15-9-5-8-14(17(13)15)12-6-3-2-4-7-12/h2-9,11,18H,10H2,1H3. The number of fused-ring (bicyclic) bond motifs is 1. The van der Waals surface area contributed by atoms with Gasteiger partial charge in [0, 0.05) is 17.1 Å². The summed E-state index contributed by atoms with van der Waals surface area (Å²) >= 11 is 0. The first-order valence-electron chi connectivity index (χ1n) is 6.51. The zero-order chi connectivity index (χ0) is 13.9. The number of carbonyl (C=O) groups excluding carboxylic acids is 1. The highest BCUT2D eigenvalue weighted by Gasteiger charge is 2.12. The minimum absolute atomic E-state index is 0.228. The molecule has 1 N–H and O–H groups in total. The summed E-state index contributed by atoms with van der Waals surface area (Å²) in [4.78, 5) is 14.8. The van der Waals surface area contributed by atoms with Crippen molar-refractivity contribution in [3.05, 3.63) is 60.3 Å². The molecule has 0 aliphatic heterocycles. The molecule has 0 aliphatic rings. The number of aromatic amines is 1. The lowest BCUT2D eigenvalue weighted by Gasteiger charge is -2.06. The molecule has 1 aromatic heterocycles. The van der Waals surface area contributed by atoms with Gasteiger partial charge in [-0.1, -0.05) is 42.5 Å². The predicted octanol–water partition coefficient (Wildman–Crippen LogP) is 3.55. The Hall–Kier alpha value is -2.55. The normalized spacial score (nSPS) is 10.7. The minimum atomic E-state index is -0.228. The molecule has 0 radical (unpaired) electrons. The van der Waals surface area contributed by atoms with Gasteiger partial charge < -0.3 is 9.72 Å². The molecular formula is C17H15NO2. The number of esters is 1. The van der Waals surface area contributed by atoms with Crippen LogP contribution in [0, 0.1) is 0 Å². The van der Waals surface area contributed by atoms with Crippen molar-refractivity contribution in [3.63, 3.8) is 0 Å². The minimum Gasteiger partial charge on any atom is -0.469 e. The average Bonchev–Trinajstić information content (AvgIpc) is 2.91. The van der Waals surface area contributed by atoms with E-state index in [0.717, 1.165) is 27.6 Å². The molecular weight excluding hydrogens is 250 g/mol. The van der Waals surface area contributed by atoms with Crippen molar-refractivity contribution in [1.29, 1.82) is 0 Å². The van der Waals surface area contributed by atoms with Crippen molar-refractivity contribution in [2.24, 2.45) is 0 Å². The van der Waals surface area contributed by atoms with Crippen molar-refractivity contribution in [2.45, 2.75) is 6.42 Å². The van der Waals surface area contributed by atoms with Gasteiger partial charge in [0.15, 0.2) is 0 Å². The smallest absolute Gasteiger partial charge is 0.310 e. The van der Waals surface area contributed by atoms with Gasteiger partial charge in [0.05, 0.1) is 13.5 Å². The Kier molecular flexibility index (Phi) is 3.25. The molecule has 0 saturated heterocycles. The summed E-state index contributed by atoms with van der Waals surface area (Å²) in [6, 6.07) is 16.3. The van der Waals surface area contributed by atoms with Gasteiger partial charge in [-0.15, -0.1) is 0 Å². The van der Waals surface area contributed by atoms with Crippen molar-refractivity contribution in [2.75, 3.05) is 7.11 Å². The number of H-pyrrole nitrogens is 1. The second-order valence-electron chi connectivity index (χ2n) is 4.66. The summed E-state index contributed by atoms with van der Waals surface area (Å²) in [5.74, 6) is -0.228. The van der Waals surface area contributed by atoms with E-state index in [0.29, 0.717) is 0 Å². The third-order valence-corrected chi connectivity index (χ3v) is 3.43. The highest BCUT2D eigenvalue weighted by molar-refractivity contribution is 5.99. The number of carbonyl (C=O) groups is 1.